The molecule has 0 radical (unpaired) electrons. The molecule has 80 valence electrons. The Morgan fingerprint density at radius 3 is 1.92 bits per heavy atom. The molecule has 0 aliphatic carbocycles. The number of quaternary nitrogens is 1. The van der Waals surface area contributed by atoms with Crippen molar-refractivity contribution >= 4 is 0 Å². The first-order valence-electron chi connectivity index (χ1n) is 4.93. The Bertz CT molecular complexity index is 118. The Morgan fingerprint density at radius 2 is 1.62 bits per heavy atom. The lowest BCUT2D eigenvalue weighted by Crippen LogP contribution is -2.49. The molecule has 4 heteroatoms. The third-order valence-corrected chi connectivity index (χ3v) is 2.48. The van der Waals surface area contributed by atoms with Crippen LogP contribution in [-0.4, -0.2) is 53.8 Å². The van der Waals surface area contributed by atoms with E-state index in [0.29, 0.717) is 4.65 Å². The van der Waals surface area contributed by atoms with Gasteiger partial charge in [0.25, 0.3) is 0 Å². The number of hydrogen-bond donors (Lipinski definition) is 2. The second-order valence-electron chi connectivity index (χ2n) is 3.14. The normalized spacial score (nSPS) is 14.5. The van der Waals surface area contributed by atoms with Crippen molar-refractivity contribution in [2.24, 2.45) is 0 Å². The average molecular weight is 192 g/mol. The van der Waals surface area contributed by atoms with Gasteiger partial charge in [0.1, 0.15) is 32.3 Å². The summed E-state index contributed by atoms with van der Waals surface area (Å²) in [5.41, 5.74) is 0. The molecular weight excluding hydrogens is 170 g/mol. The molecule has 0 aliphatic rings. The first kappa shape index (κ1) is 12.8. The summed E-state index contributed by atoms with van der Waals surface area (Å²) >= 11 is 0. The number of nitrogens with zero attached hydrogens (tertiary/aromatic N) is 1. The Hall–Kier alpha value is -0.160. The van der Waals surface area contributed by atoms with Crippen molar-refractivity contribution in [3.05, 3.63) is 0 Å². The highest BCUT2D eigenvalue weighted by Crippen LogP contribution is 2.07. The first-order chi connectivity index (χ1) is 6.14. The molecule has 0 fully saturated rings. The summed E-state index contributed by atoms with van der Waals surface area (Å²) in [4.78, 5) is 5.56. The van der Waals surface area contributed by atoms with Crippen LogP contribution in [-0.2, 0) is 4.84 Å². The van der Waals surface area contributed by atoms with E-state index in [1.54, 1.807) is 0 Å². The van der Waals surface area contributed by atoms with E-state index in [4.69, 9.17) is 15.1 Å². The molecule has 2 N–H and O–H groups in total. The Morgan fingerprint density at radius 1 is 1.15 bits per heavy atom. The molecule has 0 spiro atoms. The van der Waals surface area contributed by atoms with Gasteiger partial charge in [0.2, 0.25) is 0 Å². The lowest BCUT2D eigenvalue weighted by atomic mass is 10.4. The van der Waals surface area contributed by atoms with Crippen LogP contribution in [0.5, 0.6) is 0 Å². The molecule has 0 aromatic heterocycles. The first-order valence-corrected chi connectivity index (χ1v) is 4.93. The predicted octanol–water partition coefficient (Wildman–Crippen LogP) is 0.148. The van der Waals surface area contributed by atoms with E-state index in [1.807, 2.05) is 0 Å². The van der Waals surface area contributed by atoms with Crippen molar-refractivity contribution in [1.82, 2.24) is 0 Å². The van der Waals surface area contributed by atoms with Crippen LogP contribution >= 0.6 is 0 Å². The van der Waals surface area contributed by atoms with E-state index in [2.05, 4.69) is 20.8 Å². The number of hydroxylamine groups is 3. The van der Waals surface area contributed by atoms with E-state index in [0.717, 1.165) is 19.6 Å². The average Bonchev–Trinajstić information content (AvgIpc) is 2.20. The third kappa shape index (κ3) is 4.04. The molecule has 0 bridgehead atoms. The molecule has 0 saturated heterocycles. The van der Waals surface area contributed by atoms with E-state index in [-0.39, 0.29) is 13.2 Å². The Labute approximate surface area is 80.3 Å². The molecule has 0 rings (SSSR count). The highest BCUT2D eigenvalue weighted by atomic mass is 16.7. The van der Waals surface area contributed by atoms with E-state index < -0.39 is 6.10 Å². The quantitative estimate of drug-likeness (QED) is 0.446. The molecule has 1 atom stereocenters. The summed E-state index contributed by atoms with van der Waals surface area (Å²) in [6.07, 6.45) is -0.762. The summed E-state index contributed by atoms with van der Waals surface area (Å²) < 4.78 is 0.539. The maximum atomic E-state index is 9.12. The van der Waals surface area contributed by atoms with Crippen LogP contribution in [0.1, 0.15) is 20.8 Å². The topological polar surface area (TPSA) is 49.7 Å². The molecule has 1 unspecified atom stereocenters. The number of aliphatic hydroxyl groups is 2. The van der Waals surface area contributed by atoms with Crippen LogP contribution in [0.4, 0.5) is 0 Å². The van der Waals surface area contributed by atoms with Gasteiger partial charge in [-0.05, 0) is 20.8 Å². The molecule has 0 aromatic carbocycles. The van der Waals surface area contributed by atoms with Crippen molar-refractivity contribution in [2.45, 2.75) is 26.9 Å². The summed E-state index contributed by atoms with van der Waals surface area (Å²) in [6, 6.07) is 0. The zero-order valence-electron chi connectivity index (χ0n) is 8.86. The van der Waals surface area contributed by atoms with Gasteiger partial charge in [-0.1, -0.05) is 0 Å². The van der Waals surface area contributed by atoms with Crippen molar-refractivity contribution in [1.29, 1.82) is 0 Å². The van der Waals surface area contributed by atoms with Gasteiger partial charge in [0, 0.05) is 0 Å². The van der Waals surface area contributed by atoms with E-state index in [1.165, 1.54) is 0 Å². The van der Waals surface area contributed by atoms with Gasteiger partial charge in [0.15, 0.2) is 0 Å². The summed E-state index contributed by atoms with van der Waals surface area (Å²) in [5.74, 6) is 0. The highest BCUT2D eigenvalue weighted by molar-refractivity contribution is 4.46. The van der Waals surface area contributed by atoms with E-state index in [9.17, 15) is 0 Å². The van der Waals surface area contributed by atoms with Crippen LogP contribution < -0.4 is 0 Å². The fourth-order valence-corrected chi connectivity index (χ4v) is 1.24. The van der Waals surface area contributed by atoms with Crippen LogP contribution in [0.2, 0.25) is 0 Å². The fraction of sp³-hybridized carbons (Fsp3) is 1.00. The maximum absolute atomic E-state index is 9.12. The molecule has 0 amide bonds. The van der Waals surface area contributed by atoms with Crippen LogP contribution in [0, 0.1) is 0 Å². The van der Waals surface area contributed by atoms with Gasteiger partial charge in [-0.2, -0.15) is 4.65 Å². The van der Waals surface area contributed by atoms with Crippen molar-refractivity contribution in [3.8, 4) is 0 Å². The lowest BCUT2D eigenvalue weighted by Gasteiger charge is -2.32. The van der Waals surface area contributed by atoms with Gasteiger partial charge < -0.3 is 10.2 Å². The minimum absolute atomic E-state index is 0.200. The molecule has 0 heterocycles. The van der Waals surface area contributed by atoms with E-state index >= 15 is 0 Å². The summed E-state index contributed by atoms with van der Waals surface area (Å²) in [7, 11) is 0. The zero-order chi connectivity index (χ0) is 10.3. The van der Waals surface area contributed by atoms with Gasteiger partial charge in [-0.25, -0.2) is 4.84 Å². The van der Waals surface area contributed by atoms with Crippen LogP contribution in [0.25, 0.3) is 0 Å². The smallest absolute Gasteiger partial charge is 0.134 e. The van der Waals surface area contributed by atoms with Gasteiger partial charge in [0.05, 0.1) is 6.61 Å². The summed E-state index contributed by atoms with van der Waals surface area (Å²) in [6.45, 7) is 8.76. The monoisotopic (exact) mass is 192 g/mol. The largest absolute Gasteiger partial charge is 0.394 e. The molecular formula is C9H22NO3+. The molecule has 0 saturated carbocycles. The zero-order valence-corrected chi connectivity index (χ0v) is 8.86. The van der Waals surface area contributed by atoms with Crippen molar-refractivity contribution in [2.75, 3.05) is 32.8 Å². The van der Waals surface area contributed by atoms with Gasteiger partial charge >= 0.3 is 0 Å². The fourth-order valence-electron chi connectivity index (χ4n) is 1.24. The maximum Gasteiger partial charge on any atom is 0.134 e. The highest BCUT2D eigenvalue weighted by Gasteiger charge is 2.23. The number of rotatable bonds is 7. The number of aliphatic hydroxyl groups excluding tert-OH is 2. The molecule has 0 aliphatic heterocycles. The standard InChI is InChI=1S/C9H22NO3/c1-4-10(5-2,6-3)13-8-9(12)7-11/h9,11-12H,4-8H2,1-3H3/q+1. The predicted molar refractivity (Wildman–Crippen MR) is 50.9 cm³/mol. The Kier molecular flexibility index (Phi) is 6.24. The molecule has 0 aromatic rings. The van der Waals surface area contributed by atoms with Crippen molar-refractivity contribution < 1.29 is 19.7 Å². The number of hydrogen-bond acceptors (Lipinski definition) is 3. The molecule has 13 heavy (non-hydrogen) atoms. The summed E-state index contributed by atoms with van der Waals surface area (Å²) in [5, 5.41) is 17.7. The minimum Gasteiger partial charge on any atom is -0.394 e. The van der Waals surface area contributed by atoms with Crippen LogP contribution in [0.15, 0.2) is 0 Å². The van der Waals surface area contributed by atoms with Crippen LogP contribution in [0.3, 0.4) is 0 Å². The second-order valence-corrected chi connectivity index (χ2v) is 3.14. The second kappa shape index (κ2) is 6.32. The SMILES string of the molecule is CC[N+](CC)(CC)OCC(O)CO. The van der Waals surface area contributed by atoms with Gasteiger partial charge in [-0.3, -0.25) is 0 Å². The third-order valence-electron chi connectivity index (χ3n) is 2.48. The van der Waals surface area contributed by atoms with Crippen molar-refractivity contribution in [3.63, 3.8) is 0 Å². The molecule has 4 nitrogen and oxygen atoms in total. The van der Waals surface area contributed by atoms with Gasteiger partial charge in [-0.15, -0.1) is 0 Å². The minimum atomic E-state index is -0.762. The Balaban J connectivity index is 3.95. The lowest BCUT2D eigenvalue weighted by molar-refractivity contribution is -1.10.